The number of amides is 1. The molecule has 1 saturated heterocycles. The normalized spacial score (nSPS) is 15.8. The minimum Gasteiger partial charge on any atom is -0.490 e. The first-order valence-corrected chi connectivity index (χ1v) is 13.0. The predicted octanol–water partition coefficient (Wildman–Crippen LogP) is 6.28. The standard InChI is InChI=1S/C25H35NO5S2/c1-4-6-7-8-9-11-18(3)31-20-14-13-19(16-21(20)30-5-2)17-22-24(29)26(25(32)33-22)15-10-12-23(27)28/h13-14,16-18H,4-12,15H2,1-3H3,(H,27,28)/b22-17+/t18-/m0/s1. The van der Waals surface area contributed by atoms with Crippen LogP contribution in [0.2, 0.25) is 0 Å². The number of unbranched alkanes of at least 4 members (excludes halogenated alkanes) is 4. The summed E-state index contributed by atoms with van der Waals surface area (Å²) in [5, 5.41) is 8.81. The number of aliphatic carboxylic acids is 1. The van der Waals surface area contributed by atoms with E-state index in [2.05, 4.69) is 13.8 Å². The second-order valence-electron chi connectivity index (χ2n) is 8.10. The van der Waals surface area contributed by atoms with Gasteiger partial charge in [-0.3, -0.25) is 14.5 Å². The molecule has 1 amide bonds. The first-order valence-electron chi connectivity index (χ1n) is 11.8. The van der Waals surface area contributed by atoms with Crippen LogP contribution in [0.25, 0.3) is 6.08 Å². The molecule has 0 bridgehead atoms. The molecule has 8 heteroatoms. The molecule has 1 N–H and O–H groups in total. The number of carboxylic acid groups (broad SMARTS) is 1. The Hall–Kier alpha value is -2.06. The number of rotatable bonds is 15. The van der Waals surface area contributed by atoms with Crippen molar-refractivity contribution in [3.63, 3.8) is 0 Å². The van der Waals surface area contributed by atoms with Crippen LogP contribution in [-0.2, 0) is 9.59 Å². The summed E-state index contributed by atoms with van der Waals surface area (Å²) < 4.78 is 12.4. The average Bonchev–Trinajstić information content (AvgIpc) is 3.02. The van der Waals surface area contributed by atoms with Gasteiger partial charge in [-0.15, -0.1) is 0 Å². The molecular formula is C25H35NO5S2. The molecule has 1 atom stereocenters. The molecule has 0 radical (unpaired) electrons. The Balaban J connectivity index is 2.04. The Morgan fingerprint density at radius 2 is 1.94 bits per heavy atom. The molecule has 0 unspecified atom stereocenters. The maximum atomic E-state index is 12.7. The van der Waals surface area contributed by atoms with Crippen LogP contribution in [0.15, 0.2) is 23.1 Å². The molecule has 6 nitrogen and oxygen atoms in total. The van der Waals surface area contributed by atoms with Crippen LogP contribution in [0.5, 0.6) is 11.5 Å². The summed E-state index contributed by atoms with van der Waals surface area (Å²) in [6, 6.07) is 5.67. The van der Waals surface area contributed by atoms with Gasteiger partial charge >= 0.3 is 5.97 Å². The van der Waals surface area contributed by atoms with Crippen molar-refractivity contribution < 1.29 is 24.2 Å². The smallest absolute Gasteiger partial charge is 0.303 e. The lowest BCUT2D eigenvalue weighted by atomic mass is 10.1. The number of carbonyl (C=O) groups excluding carboxylic acids is 1. The summed E-state index contributed by atoms with van der Waals surface area (Å²) in [6.07, 6.45) is 9.44. The Morgan fingerprint density at radius 3 is 2.64 bits per heavy atom. The molecule has 1 fully saturated rings. The number of benzene rings is 1. The molecule has 0 saturated carbocycles. The quantitative estimate of drug-likeness (QED) is 0.175. The molecule has 1 aromatic carbocycles. The first kappa shape index (κ1) is 27.2. The van der Waals surface area contributed by atoms with Gasteiger partial charge in [0.1, 0.15) is 4.32 Å². The lowest BCUT2D eigenvalue weighted by Gasteiger charge is -2.18. The molecule has 2 rings (SSSR count). The van der Waals surface area contributed by atoms with Crippen LogP contribution >= 0.6 is 24.0 Å². The molecule has 0 aliphatic carbocycles. The van der Waals surface area contributed by atoms with Gasteiger partial charge in [0, 0.05) is 13.0 Å². The average molecular weight is 494 g/mol. The van der Waals surface area contributed by atoms with Crippen LogP contribution in [0.3, 0.4) is 0 Å². The van der Waals surface area contributed by atoms with E-state index in [9.17, 15) is 9.59 Å². The summed E-state index contributed by atoms with van der Waals surface area (Å²) >= 11 is 6.55. The zero-order chi connectivity index (χ0) is 24.2. The third-order valence-corrected chi connectivity index (χ3v) is 6.63. The molecule has 33 heavy (non-hydrogen) atoms. The summed E-state index contributed by atoms with van der Waals surface area (Å²) in [6.45, 7) is 7.04. The molecule has 1 aromatic rings. The van der Waals surface area contributed by atoms with Gasteiger partial charge in [0.2, 0.25) is 0 Å². The zero-order valence-corrected chi connectivity index (χ0v) is 21.4. The van der Waals surface area contributed by atoms with Crippen LogP contribution in [0.1, 0.15) is 77.7 Å². The van der Waals surface area contributed by atoms with E-state index in [1.54, 1.807) is 6.08 Å². The van der Waals surface area contributed by atoms with Gasteiger partial charge in [0.15, 0.2) is 11.5 Å². The second-order valence-corrected chi connectivity index (χ2v) is 9.78. The third-order valence-electron chi connectivity index (χ3n) is 5.25. The first-order chi connectivity index (χ1) is 15.8. The molecule has 182 valence electrons. The highest BCUT2D eigenvalue weighted by molar-refractivity contribution is 8.26. The van der Waals surface area contributed by atoms with Gasteiger partial charge in [-0.2, -0.15) is 0 Å². The monoisotopic (exact) mass is 493 g/mol. The van der Waals surface area contributed by atoms with Gasteiger partial charge in [-0.1, -0.05) is 62.7 Å². The van der Waals surface area contributed by atoms with Crippen LogP contribution in [0, 0.1) is 0 Å². The fourth-order valence-electron chi connectivity index (χ4n) is 3.52. The number of hydrogen-bond donors (Lipinski definition) is 1. The predicted molar refractivity (Wildman–Crippen MR) is 138 cm³/mol. The van der Waals surface area contributed by atoms with Crippen molar-refractivity contribution in [2.75, 3.05) is 13.2 Å². The van der Waals surface area contributed by atoms with E-state index in [0.29, 0.717) is 40.3 Å². The SMILES string of the molecule is CCCCCCC[C@H](C)Oc1ccc(/C=C2/SC(=S)N(CCCC(=O)O)C2=O)cc1OCC. The van der Waals surface area contributed by atoms with E-state index in [1.807, 2.05) is 25.1 Å². The van der Waals surface area contributed by atoms with Gasteiger partial charge in [-0.05, 0) is 56.9 Å². The van der Waals surface area contributed by atoms with Crippen LogP contribution in [-0.4, -0.2) is 45.5 Å². The lowest BCUT2D eigenvalue weighted by molar-refractivity contribution is -0.137. The Morgan fingerprint density at radius 1 is 1.18 bits per heavy atom. The summed E-state index contributed by atoms with van der Waals surface area (Å²) in [7, 11) is 0. The van der Waals surface area contributed by atoms with E-state index in [-0.39, 0.29) is 18.4 Å². The fourth-order valence-corrected chi connectivity index (χ4v) is 4.83. The Labute approximate surface area is 206 Å². The van der Waals surface area contributed by atoms with Crippen molar-refractivity contribution in [3.8, 4) is 11.5 Å². The summed E-state index contributed by atoms with van der Waals surface area (Å²) in [5.74, 6) is 0.287. The summed E-state index contributed by atoms with van der Waals surface area (Å²) in [5.41, 5.74) is 0.823. The van der Waals surface area contributed by atoms with Crippen molar-refractivity contribution in [2.24, 2.45) is 0 Å². The fraction of sp³-hybridized carbons (Fsp3) is 0.560. The highest BCUT2D eigenvalue weighted by Crippen LogP contribution is 2.35. The second kappa shape index (κ2) is 14.3. The number of ether oxygens (including phenoxy) is 2. The van der Waals surface area contributed by atoms with Crippen molar-refractivity contribution in [1.82, 2.24) is 4.90 Å². The van der Waals surface area contributed by atoms with E-state index < -0.39 is 5.97 Å². The van der Waals surface area contributed by atoms with Gasteiger partial charge in [0.25, 0.3) is 5.91 Å². The lowest BCUT2D eigenvalue weighted by Crippen LogP contribution is -2.29. The molecular weight excluding hydrogens is 458 g/mol. The van der Waals surface area contributed by atoms with Crippen molar-refractivity contribution in [2.45, 2.75) is 78.2 Å². The maximum absolute atomic E-state index is 12.7. The van der Waals surface area contributed by atoms with E-state index in [1.165, 1.54) is 42.3 Å². The number of thioether (sulfide) groups is 1. The van der Waals surface area contributed by atoms with Crippen molar-refractivity contribution >= 4 is 46.3 Å². The van der Waals surface area contributed by atoms with E-state index in [4.69, 9.17) is 26.8 Å². The van der Waals surface area contributed by atoms with Crippen LogP contribution in [0.4, 0.5) is 0 Å². The number of thiocarbonyl (C=S) groups is 1. The molecule has 1 aliphatic rings. The van der Waals surface area contributed by atoms with E-state index >= 15 is 0 Å². The van der Waals surface area contributed by atoms with Crippen molar-refractivity contribution in [3.05, 3.63) is 28.7 Å². The zero-order valence-electron chi connectivity index (χ0n) is 19.8. The molecule has 1 aliphatic heterocycles. The number of carboxylic acids is 1. The minimum absolute atomic E-state index is 0.00640. The van der Waals surface area contributed by atoms with Gasteiger partial charge in [-0.25, -0.2) is 0 Å². The Bertz CT molecular complexity index is 855. The van der Waals surface area contributed by atoms with Crippen LogP contribution < -0.4 is 9.47 Å². The molecule has 0 spiro atoms. The maximum Gasteiger partial charge on any atom is 0.303 e. The highest BCUT2D eigenvalue weighted by atomic mass is 32.2. The van der Waals surface area contributed by atoms with Gasteiger partial charge in [0.05, 0.1) is 17.6 Å². The molecule has 0 aromatic heterocycles. The highest BCUT2D eigenvalue weighted by Gasteiger charge is 2.31. The third kappa shape index (κ3) is 9.01. The van der Waals surface area contributed by atoms with Crippen molar-refractivity contribution in [1.29, 1.82) is 0 Å². The largest absolute Gasteiger partial charge is 0.490 e. The topological polar surface area (TPSA) is 76.1 Å². The van der Waals surface area contributed by atoms with Gasteiger partial charge < -0.3 is 14.6 Å². The number of hydrogen-bond acceptors (Lipinski definition) is 6. The molecule has 1 heterocycles. The summed E-state index contributed by atoms with van der Waals surface area (Å²) in [4.78, 5) is 25.5. The Kier molecular flexibility index (Phi) is 11.7. The van der Waals surface area contributed by atoms with E-state index in [0.717, 1.165) is 18.4 Å². The number of nitrogens with zero attached hydrogens (tertiary/aromatic N) is 1. The number of carbonyl (C=O) groups is 2. The minimum atomic E-state index is -0.882.